The van der Waals surface area contributed by atoms with E-state index in [-0.39, 0.29) is 29.4 Å². The van der Waals surface area contributed by atoms with E-state index >= 15 is 0 Å². The van der Waals surface area contributed by atoms with E-state index in [2.05, 4.69) is 0 Å². The largest absolute Gasteiger partial charge is 0.504 e. The van der Waals surface area contributed by atoms with Crippen LogP contribution in [0, 0.1) is 5.92 Å². The van der Waals surface area contributed by atoms with Crippen molar-refractivity contribution in [3.63, 3.8) is 0 Å². The van der Waals surface area contributed by atoms with Crippen LogP contribution in [0.2, 0.25) is 0 Å². The molecular formula is C21H22O8. The number of benzene rings is 2. The SMILES string of the molecule is COC(=O)[C@@H]1[C@@H](c2ccc(O)c(OC)c2)c2cc(O)c(OC)cc2[C@@H]1CC(=O)O. The smallest absolute Gasteiger partial charge is 0.310 e. The number of esters is 1. The van der Waals surface area contributed by atoms with Gasteiger partial charge in [-0.05, 0) is 41.0 Å². The van der Waals surface area contributed by atoms with E-state index in [1.54, 1.807) is 18.2 Å². The fourth-order valence-electron chi connectivity index (χ4n) is 4.11. The van der Waals surface area contributed by atoms with Crippen molar-refractivity contribution in [2.75, 3.05) is 21.3 Å². The van der Waals surface area contributed by atoms with Crippen molar-refractivity contribution in [2.24, 2.45) is 5.92 Å². The monoisotopic (exact) mass is 402 g/mol. The van der Waals surface area contributed by atoms with E-state index in [0.717, 1.165) is 0 Å². The van der Waals surface area contributed by atoms with Crippen LogP contribution < -0.4 is 9.47 Å². The van der Waals surface area contributed by atoms with E-state index in [1.807, 2.05) is 0 Å². The van der Waals surface area contributed by atoms with Crippen LogP contribution in [-0.4, -0.2) is 48.6 Å². The van der Waals surface area contributed by atoms with Gasteiger partial charge in [0, 0.05) is 11.8 Å². The van der Waals surface area contributed by atoms with Crippen LogP contribution in [0.25, 0.3) is 0 Å². The van der Waals surface area contributed by atoms with Crippen LogP contribution in [0.3, 0.4) is 0 Å². The van der Waals surface area contributed by atoms with Gasteiger partial charge in [0.1, 0.15) is 0 Å². The van der Waals surface area contributed by atoms with Gasteiger partial charge in [-0.3, -0.25) is 9.59 Å². The molecule has 0 amide bonds. The molecule has 8 nitrogen and oxygen atoms in total. The maximum atomic E-state index is 12.7. The molecular weight excluding hydrogens is 380 g/mol. The molecule has 8 heteroatoms. The molecule has 0 saturated heterocycles. The van der Waals surface area contributed by atoms with Crippen molar-refractivity contribution < 1.29 is 39.1 Å². The predicted octanol–water partition coefficient (Wildman–Crippen LogP) is 2.61. The summed E-state index contributed by atoms with van der Waals surface area (Å²) in [5, 5.41) is 29.7. The lowest BCUT2D eigenvalue weighted by atomic mass is 9.81. The van der Waals surface area contributed by atoms with E-state index in [9.17, 15) is 24.9 Å². The zero-order valence-corrected chi connectivity index (χ0v) is 16.2. The quantitative estimate of drug-likeness (QED) is 0.630. The number of phenols is 2. The first-order valence-electron chi connectivity index (χ1n) is 8.89. The van der Waals surface area contributed by atoms with Crippen molar-refractivity contribution in [1.82, 2.24) is 0 Å². The van der Waals surface area contributed by atoms with Crippen molar-refractivity contribution in [3.8, 4) is 23.0 Å². The van der Waals surface area contributed by atoms with Crippen molar-refractivity contribution in [1.29, 1.82) is 0 Å². The molecule has 0 saturated carbocycles. The Balaban J connectivity index is 2.26. The minimum atomic E-state index is -1.06. The normalized spacial score (nSPS) is 20.0. The minimum Gasteiger partial charge on any atom is -0.504 e. The maximum absolute atomic E-state index is 12.7. The third-order valence-corrected chi connectivity index (χ3v) is 5.34. The second-order valence-corrected chi connectivity index (χ2v) is 6.82. The van der Waals surface area contributed by atoms with Gasteiger partial charge in [0.05, 0.1) is 33.7 Å². The van der Waals surface area contributed by atoms with Gasteiger partial charge in [-0.15, -0.1) is 0 Å². The Bertz CT molecular complexity index is 952. The van der Waals surface area contributed by atoms with Gasteiger partial charge in [0.2, 0.25) is 0 Å². The number of carboxylic acids is 1. The van der Waals surface area contributed by atoms with Crippen LogP contribution in [0.5, 0.6) is 23.0 Å². The molecule has 3 N–H and O–H groups in total. The first-order chi connectivity index (χ1) is 13.8. The molecule has 0 aliphatic heterocycles. The van der Waals surface area contributed by atoms with Crippen LogP contribution in [0.1, 0.15) is 34.9 Å². The Morgan fingerprint density at radius 1 is 0.931 bits per heavy atom. The Morgan fingerprint density at radius 2 is 1.59 bits per heavy atom. The fourth-order valence-corrected chi connectivity index (χ4v) is 4.11. The van der Waals surface area contributed by atoms with Gasteiger partial charge in [-0.2, -0.15) is 0 Å². The highest BCUT2D eigenvalue weighted by Crippen LogP contribution is 2.54. The molecule has 0 radical (unpaired) electrons. The number of phenolic OH excluding ortho intramolecular Hbond substituents is 2. The Hall–Kier alpha value is -3.42. The van der Waals surface area contributed by atoms with Gasteiger partial charge in [0.15, 0.2) is 23.0 Å². The van der Waals surface area contributed by atoms with E-state index in [1.165, 1.54) is 33.5 Å². The highest BCUT2D eigenvalue weighted by atomic mass is 16.5. The molecule has 1 aliphatic carbocycles. The molecule has 0 aromatic heterocycles. The highest BCUT2D eigenvalue weighted by molar-refractivity contribution is 5.81. The second-order valence-electron chi connectivity index (χ2n) is 6.82. The van der Waals surface area contributed by atoms with Gasteiger partial charge in [-0.25, -0.2) is 0 Å². The molecule has 0 unspecified atom stereocenters. The van der Waals surface area contributed by atoms with E-state index in [4.69, 9.17) is 14.2 Å². The van der Waals surface area contributed by atoms with Crippen LogP contribution in [0.15, 0.2) is 30.3 Å². The van der Waals surface area contributed by atoms with Crippen molar-refractivity contribution in [2.45, 2.75) is 18.3 Å². The van der Waals surface area contributed by atoms with Gasteiger partial charge in [0.25, 0.3) is 0 Å². The molecule has 3 rings (SSSR count). The number of carboxylic acid groups (broad SMARTS) is 1. The number of rotatable bonds is 6. The molecule has 29 heavy (non-hydrogen) atoms. The lowest BCUT2D eigenvalue weighted by molar-refractivity contribution is -0.147. The van der Waals surface area contributed by atoms with Gasteiger partial charge in [-0.1, -0.05) is 6.07 Å². The zero-order chi connectivity index (χ0) is 21.3. The number of aromatic hydroxyl groups is 2. The summed E-state index contributed by atoms with van der Waals surface area (Å²) in [4.78, 5) is 24.3. The number of aliphatic carboxylic acids is 1. The Labute approximate surface area is 167 Å². The Kier molecular flexibility index (Phi) is 5.54. The zero-order valence-electron chi connectivity index (χ0n) is 16.2. The summed E-state index contributed by atoms with van der Waals surface area (Å²) in [5.41, 5.74) is 1.81. The average molecular weight is 402 g/mol. The molecule has 0 fully saturated rings. The molecule has 0 bridgehead atoms. The third kappa shape index (κ3) is 3.53. The predicted molar refractivity (Wildman–Crippen MR) is 102 cm³/mol. The van der Waals surface area contributed by atoms with Crippen LogP contribution in [0.4, 0.5) is 0 Å². The third-order valence-electron chi connectivity index (χ3n) is 5.34. The summed E-state index contributed by atoms with van der Waals surface area (Å²) in [5.74, 6) is -3.55. The lowest BCUT2D eigenvalue weighted by Gasteiger charge is -2.23. The van der Waals surface area contributed by atoms with Gasteiger partial charge >= 0.3 is 11.9 Å². The summed E-state index contributed by atoms with van der Waals surface area (Å²) in [6.07, 6.45) is -0.299. The lowest BCUT2D eigenvalue weighted by Crippen LogP contribution is -2.26. The van der Waals surface area contributed by atoms with Crippen LogP contribution in [-0.2, 0) is 14.3 Å². The number of methoxy groups -OCH3 is 3. The van der Waals surface area contributed by atoms with Gasteiger partial charge < -0.3 is 29.5 Å². The summed E-state index contributed by atoms with van der Waals surface area (Å²) in [6, 6.07) is 7.70. The number of hydrogen-bond donors (Lipinski definition) is 3. The second kappa shape index (κ2) is 7.90. The highest BCUT2D eigenvalue weighted by Gasteiger charge is 2.47. The minimum absolute atomic E-state index is 0.0660. The number of fused-ring (bicyclic) bond motifs is 1. The molecule has 154 valence electrons. The summed E-state index contributed by atoms with van der Waals surface area (Å²) in [6.45, 7) is 0. The first kappa shape index (κ1) is 20.3. The van der Waals surface area contributed by atoms with E-state index < -0.39 is 29.7 Å². The number of hydrogen-bond acceptors (Lipinski definition) is 7. The summed E-state index contributed by atoms with van der Waals surface area (Å²) < 4.78 is 15.3. The molecule has 1 aliphatic rings. The van der Waals surface area contributed by atoms with Crippen molar-refractivity contribution in [3.05, 3.63) is 47.0 Å². The van der Waals surface area contributed by atoms with Crippen molar-refractivity contribution >= 4 is 11.9 Å². The number of carbonyl (C=O) groups excluding carboxylic acids is 1. The van der Waals surface area contributed by atoms with E-state index in [0.29, 0.717) is 16.7 Å². The first-order valence-corrected chi connectivity index (χ1v) is 8.89. The number of ether oxygens (including phenoxy) is 3. The Morgan fingerprint density at radius 3 is 2.17 bits per heavy atom. The summed E-state index contributed by atoms with van der Waals surface area (Å²) >= 11 is 0. The topological polar surface area (TPSA) is 123 Å². The molecule has 0 heterocycles. The fraction of sp³-hybridized carbons (Fsp3) is 0.333. The average Bonchev–Trinajstić information content (AvgIpc) is 2.99. The standard InChI is InChI=1S/C21H22O8/c1-27-16-6-10(4-5-14(16)22)19-12-7-15(23)17(28-2)8-11(12)13(9-18(24)25)20(19)21(26)29-3/h4-8,13,19-20,22-23H,9H2,1-3H3,(H,24,25)/t13-,19-,20-/m0/s1. The molecule has 0 spiro atoms. The van der Waals surface area contributed by atoms with Crippen LogP contribution >= 0.6 is 0 Å². The summed E-state index contributed by atoms with van der Waals surface area (Å²) in [7, 11) is 4.04. The molecule has 3 atom stereocenters. The molecule has 2 aromatic carbocycles. The molecule has 2 aromatic rings. The maximum Gasteiger partial charge on any atom is 0.310 e. The number of carbonyl (C=O) groups is 2.